The molecule has 8 atom stereocenters. The Labute approximate surface area is 338 Å². The Bertz CT molecular complexity index is 2010. The molecule has 0 spiro atoms. The van der Waals surface area contributed by atoms with Crippen molar-refractivity contribution in [2.24, 2.45) is 0 Å². The fourth-order valence-corrected chi connectivity index (χ4v) is 10.5. The van der Waals surface area contributed by atoms with Gasteiger partial charge in [-0.1, -0.05) is 152 Å². The molecule has 12 heteroatoms. The van der Waals surface area contributed by atoms with E-state index in [4.69, 9.17) is 32.6 Å². The summed E-state index contributed by atoms with van der Waals surface area (Å²) in [7, 11) is -5.70. The van der Waals surface area contributed by atoms with Gasteiger partial charge in [0.15, 0.2) is 11.5 Å². The zero-order chi connectivity index (χ0) is 39.3. The molecule has 0 aliphatic carbocycles. The molecule has 2 saturated heterocycles. The van der Waals surface area contributed by atoms with Crippen LogP contribution >= 0.6 is 0 Å². The first-order valence-electron chi connectivity index (χ1n) is 19.1. The summed E-state index contributed by atoms with van der Waals surface area (Å²) >= 11 is 0. The maximum Gasteiger partial charge on any atom is 0.218 e. The lowest BCUT2D eigenvalue weighted by molar-refractivity contribution is -0.245. The third-order valence-corrected chi connectivity index (χ3v) is 13.2. The summed E-state index contributed by atoms with van der Waals surface area (Å²) in [5.41, 5.74) is 4.83. The molecular weight excluding hydrogens is 765 g/mol. The Kier molecular flexibility index (Phi) is 15.0. The van der Waals surface area contributed by atoms with Crippen LogP contribution in [-0.4, -0.2) is 73.5 Å². The van der Waals surface area contributed by atoms with E-state index in [2.05, 4.69) is 0 Å². The Morgan fingerprint density at radius 3 is 1.60 bits per heavy atom. The molecule has 0 N–H and O–H groups in total. The molecule has 2 heterocycles. The van der Waals surface area contributed by atoms with Gasteiger partial charge in [-0.2, -0.15) is 0 Å². The first-order valence-corrected chi connectivity index (χ1v) is 22.0. The van der Waals surface area contributed by atoms with Crippen molar-refractivity contribution in [3.63, 3.8) is 0 Å². The van der Waals surface area contributed by atoms with Crippen molar-refractivity contribution < 1.29 is 45.6 Å². The molecule has 0 bridgehead atoms. The predicted octanol–water partition coefficient (Wildman–Crippen LogP) is 6.92. The van der Waals surface area contributed by atoms with Gasteiger partial charge in [0, 0.05) is 16.5 Å². The Morgan fingerprint density at radius 1 is 0.596 bits per heavy atom. The molecule has 57 heavy (non-hydrogen) atoms. The standard InChI is InChI=1S/C45H48O10S2/c46-57(47,48)55-39-30-53-45(38-24-14-5-15-25-38)54-40(39)32-56-33-41(50-27-35-18-8-2-9-19-35)43(51-28-36-20-10-3-11-21-36)44(52-29-37-22-12-4-13-23-37)42(56)31-49-26-34-16-6-1-7-17-34/h1-25,39-45H,26-33H2/t39?,40-,41+,42-,43-,44-,45?,56?/m1/s1. The highest BCUT2D eigenvalue weighted by atomic mass is 32.3. The van der Waals surface area contributed by atoms with Crippen molar-refractivity contribution in [3.05, 3.63) is 179 Å². The fourth-order valence-electron chi connectivity index (χ4n) is 7.11. The first-order chi connectivity index (χ1) is 27.9. The number of ether oxygens (including phenoxy) is 6. The summed E-state index contributed by atoms with van der Waals surface area (Å²) in [5, 5.41) is -0.249. The van der Waals surface area contributed by atoms with E-state index in [1.165, 1.54) is 0 Å². The topological polar surface area (TPSA) is 122 Å². The number of hydrogen-bond donors (Lipinski definition) is 0. The van der Waals surface area contributed by atoms with Gasteiger partial charge in [-0.05, 0) is 22.3 Å². The molecule has 5 aromatic carbocycles. The Balaban J connectivity index is 1.24. The van der Waals surface area contributed by atoms with Gasteiger partial charge >= 0.3 is 0 Å². The van der Waals surface area contributed by atoms with Crippen LogP contribution in [0.4, 0.5) is 0 Å². The van der Waals surface area contributed by atoms with Gasteiger partial charge in [-0.3, -0.25) is 4.18 Å². The van der Waals surface area contributed by atoms with Crippen LogP contribution in [0.2, 0.25) is 0 Å². The summed E-state index contributed by atoms with van der Waals surface area (Å²) in [5.74, 6) is 0.860. The molecule has 7 rings (SSSR count). The quantitative estimate of drug-likeness (QED) is 0.0524. The Morgan fingerprint density at radius 2 is 1.07 bits per heavy atom. The maximum atomic E-state index is 12.0. The van der Waals surface area contributed by atoms with E-state index >= 15 is 0 Å². The van der Waals surface area contributed by atoms with Crippen LogP contribution in [0.5, 0.6) is 0 Å². The summed E-state index contributed by atoms with van der Waals surface area (Å²) in [6.07, 6.45) is -4.23. The predicted molar refractivity (Wildman–Crippen MR) is 217 cm³/mol. The van der Waals surface area contributed by atoms with Gasteiger partial charge in [0.1, 0.15) is 42.0 Å². The van der Waals surface area contributed by atoms with Crippen LogP contribution < -0.4 is 0 Å². The van der Waals surface area contributed by atoms with E-state index < -0.39 is 58.1 Å². The average Bonchev–Trinajstić information content (AvgIpc) is 3.24. The lowest BCUT2D eigenvalue weighted by Crippen LogP contribution is -2.62. The molecule has 300 valence electrons. The average molecular weight is 813 g/mol. The van der Waals surface area contributed by atoms with Gasteiger partial charge in [0.2, 0.25) is 10.4 Å². The van der Waals surface area contributed by atoms with Crippen molar-refractivity contribution in [1.82, 2.24) is 0 Å². The molecule has 3 unspecified atom stereocenters. The molecule has 2 aliphatic heterocycles. The third kappa shape index (κ3) is 12.3. The SMILES string of the molecule is O=S(=O)([O-])OC1COC(c2ccccc2)O[C@@H]1C[S+]1C[C@H](OCc2ccccc2)[C@@H](OCc2ccccc2)[C@H](OCc2ccccc2)[C@H]1COCc1ccccc1. The molecule has 0 saturated carbocycles. The van der Waals surface area contributed by atoms with Crippen LogP contribution in [0.1, 0.15) is 34.1 Å². The summed E-state index contributed by atoms with van der Waals surface area (Å²) in [6.45, 7) is 1.55. The monoisotopic (exact) mass is 812 g/mol. The van der Waals surface area contributed by atoms with Crippen molar-refractivity contribution in [1.29, 1.82) is 0 Å². The second kappa shape index (κ2) is 20.7. The number of benzene rings is 5. The molecule has 2 aliphatic rings. The van der Waals surface area contributed by atoms with Crippen molar-refractivity contribution in [3.8, 4) is 0 Å². The van der Waals surface area contributed by atoms with Crippen molar-refractivity contribution >= 4 is 21.3 Å². The number of hydrogen-bond acceptors (Lipinski definition) is 10. The van der Waals surface area contributed by atoms with E-state index in [1.54, 1.807) is 0 Å². The second-order valence-corrected chi connectivity index (χ2v) is 17.4. The van der Waals surface area contributed by atoms with Gasteiger partial charge < -0.3 is 33.0 Å². The van der Waals surface area contributed by atoms with Crippen LogP contribution in [0.25, 0.3) is 0 Å². The minimum atomic E-state index is -5.08. The maximum absolute atomic E-state index is 12.0. The normalized spacial score (nSPS) is 25.2. The lowest BCUT2D eigenvalue weighted by Gasteiger charge is -2.43. The van der Waals surface area contributed by atoms with E-state index in [0.29, 0.717) is 44.5 Å². The van der Waals surface area contributed by atoms with Crippen LogP contribution in [0.3, 0.4) is 0 Å². The van der Waals surface area contributed by atoms with E-state index in [1.807, 2.05) is 152 Å². The highest BCUT2D eigenvalue weighted by Crippen LogP contribution is 2.36. The zero-order valence-corrected chi connectivity index (χ0v) is 33.2. The summed E-state index contributed by atoms with van der Waals surface area (Å²) < 4.78 is 80.9. The van der Waals surface area contributed by atoms with Crippen molar-refractivity contribution in [2.75, 3.05) is 24.7 Å². The third-order valence-electron chi connectivity index (χ3n) is 9.95. The van der Waals surface area contributed by atoms with E-state index in [9.17, 15) is 13.0 Å². The zero-order valence-electron chi connectivity index (χ0n) is 31.5. The minimum absolute atomic E-state index is 0.150. The minimum Gasteiger partial charge on any atom is -0.726 e. The van der Waals surface area contributed by atoms with Gasteiger partial charge in [0.05, 0.1) is 39.6 Å². The first kappa shape index (κ1) is 41.2. The molecule has 0 radical (unpaired) electrons. The van der Waals surface area contributed by atoms with E-state index in [-0.39, 0.29) is 11.9 Å². The van der Waals surface area contributed by atoms with Crippen LogP contribution in [0, 0.1) is 0 Å². The van der Waals surface area contributed by atoms with Gasteiger partial charge in [0.25, 0.3) is 0 Å². The van der Waals surface area contributed by atoms with Crippen molar-refractivity contribution in [2.45, 2.75) is 68.5 Å². The lowest BCUT2D eigenvalue weighted by atomic mass is 10.0. The summed E-state index contributed by atoms with van der Waals surface area (Å²) in [6, 6.07) is 49.4. The van der Waals surface area contributed by atoms with Gasteiger partial charge in [-0.25, -0.2) is 8.42 Å². The second-order valence-electron chi connectivity index (χ2n) is 14.1. The van der Waals surface area contributed by atoms with Crippen LogP contribution in [-0.2, 0) is 80.3 Å². The van der Waals surface area contributed by atoms with Gasteiger partial charge in [-0.15, -0.1) is 0 Å². The molecule has 5 aromatic rings. The Hall–Kier alpha value is -3.92. The smallest absolute Gasteiger partial charge is 0.218 e. The molecule has 10 nitrogen and oxygen atoms in total. The van der Waals surface area contributed by atoms with Crippen LogP contribution in [0.15, 0.2) is 152 Å². The molecule has 0 amide bonds. The molecule has 0 aromatic heterocycles. The highest BCUT2D eigenvalue weighted by molar-refractivity contribution is 7.97. The fraction of sp³-hybridized carbons (Fsp3) is 0.333. The van der Waals surface area contributed by atoms with E-state index in [0.717, 1.165) is 27.8 Å². The summed E-state index contributed by atoms with van der Waals surface area (Å²) in [4.78, 5) is 0. The molecular formula is C45H48O10S2. The molecule has 2 fully saturated rings. The number of rotatable bonds is 18. The highest BCUT2D eigenvalue weighted by Gasteiger charge is 2.55. The largest absolute Gasteiger partial charge is 0.726 e.